The summed E-state index contributed by atoms with van der Waals surface area (Å²) in [6, 6.07) is 2.14. The molecule has 108 valence electrons. The summed E-state index contributed by atoms with van der Waals surface area (Å²) in [5, 5.41) is 6.96. The highest BCUT2D eigenvalue weighted by Crippen LogP contribution is 2.25. The molecule has 0 aliphatic heterocycles. The molecule has 0 radical (unpaired) electrons. The number of sulfonamides is 1. The molecule has 1 aromatic heterocycles. The van der Waals surface area contributed by atoms with Gasteiger partial charge in [0.1, 0.15) is 17.0 Å². The van der Waals surface area contributed by atoms with E-state index in [2.05, 4.69) is 14.9 Å². The molecule has 7 nitrogen and oxygen atoms in total. The van der Waals surface area contributed by atoms with Crippen molar-refractivity contribution in [3.05, 3.63) is 35.1 Å². The summed E-state index contributed by atoms with van der Waals surface area (Å²) in [5.74, 6) is -0.671. The van der Waals surface area contributed by atoms with E-state index in [1.165, 1.54) is 10.9 Å². The van der Waals surface area contributed by atoms with Gasteiger partial charge in [-0.3, -0.25) is 0 Å². The van der Waals surface area contributed by atoms with Gasteiger partial charge in [-0.2, -0.15) is 0 Å². The van der Waals surface area contributed by atoms with Crippen molar-refractivity contribution in [3.63, 3.8) is 0 Å². The molecular weight excluding hydrogens is 309 g/mol. The Kier molecular flexibility index (Phi) is 3.93. The standard InChI is InChI=1S/C10H11ClFN5O2S/c1-17-5-14-16-9(17)4-15-20(18,19)8-3-6(13)2-7(11)10(8)12/h2-3,5,15H,4,13H2,1H3. The van der Waals surface area contributed by atoms with E-state index >= 15 is 0 Å². The summed E-state index contributed by atoms with van der Waals surface area (Å²) < 4.78 is 41.6. The van der Waals surface area contributed by atoms with Gasteiger partial charge in [-0.05, 0) is 12.1 Å². The van der Waals surface area contributed by atoms with Gasteiger partial charge >= 0.3 is 0 Å². The number of nitrogens with zero attached hydrogens (tertiary/aromatic N) is 3. The van der Waals surface area contributed by atoms with Gasteiger partial charge in [-0.15, -0.1) is 10.2 Å². The maximum atomic E-state index is 13.8. The van der Waals surface area contributed by atoms with Crippen molar-refractivity contribution < 1.29 is 12.8 Å². The minimum Gasteiger partial charge on any atom is -0.399 e. The normalized spacial score (nSPS) is 11.8. The van der Waals surface area contributed by atoms with Crippen molar-refractivity contribution in [2.75, 3.05) is 5.73 Å². The Bertz CT molecular complexity index is 746. The third-order valence-corrected chi connectivity index (χ3v) is 4.21. The zero-order valence-corrected chi connectivity index (χ0v) is 11.9. The fraction of sp³-hybridized carbons (Fsp3) is 0.200. The van der Waals surface area contributed by atoms with Crippen LogP contribution in [-0.4, -0.2) is 23.2 Å². The highest BCUT2D eigenvalue weighted by molar-refractivity contribution is 7.89. The molecule has 0 atom stereocenters. The van der Waals surface area contributed by atoms with Gasteiger partial charge in [0, 0.05) is 12.7 Å². The van der Waals surface area contributed by atoms with Crippen molar-refractivity contribution >= 4 is 27.3 Å². The predicted molar refractivity (Wildman–Crippen MR) is 70.9 cm³/mol. The molecule has 0 saturated carbocycles. The Morgan fingerprint density at radius 2 is 2.20 bits per heavy atom. The van der Waals surface area contributed by atoms with E-state index in [0.29, 0.717) is 5.82 Å². The number of aryl methyl sites for hydroxylation is 1. The van der Waals surface area contributed by atoms with Gasteiger partial charge < -0.3 is 10.3 Å². The fourth-order valence-corrected chi connectivity index (χ4v) is 2.88. The zero-order valence-electron chi connectivity index (χ0n) is 10.3. The first-order chi connectivity index (χ1) is 9.31. The second-order valence-electron chi connectivity index (χ2n) is 4.00. The topological polar surface area (TPSA) is 103 Å². The van der Waals surface area contributed by atoms with E-state index in [0.717, 1.165) is 12.1 Å². The number of hydrogen-bond acceptors (Lipinski definition) is 5. The Balaban J connectivity index is 2.29. The van der Waals surface area contributed by atoms with Crippen LogP contribution in [0.3, 0.4) is 0 Å². The highest BCUT2D eigenvalue weighted by atomic mass is 35.5. The van der Waals surface area contributed by atoms with Crippen LogP contribution in [0.5, 0.6) is 0 Å². The van der Waals surface area contributed by atoms with Crippen LogP contribution in [0.1, 0.15) is 5.82 Å². The number of nitrogens with two attached hydrogens (primary N) is 1. The third kappa shape index (κ3) is 2.89. The monoisotopic (exact) mass is 319 g/mol. The van der Waals surface area contributed by atoms with E-state index < -0.39 is 20.7 Å². The molecule has 1 heterocycles. The zero-order chi connectivity index (χ0) is 14.9. The van der Waals surface area contributed by atoms with Crippen LogP contribution in [0.4, 0.5) is 10.1 Å². The van der Waals surface area contributed by atoms with Crippen molar-refractivity contribution in [1.29, 1.82) is 0 Å². The van der Waals surface area contributed by atoms with Gasteiger partial charge in [-0.25, -0.2) is 17.5 Å². The number of halogens is 2. The predicted octanol–water partition coefficient (Wildman–Crippen LogP) is 0.668. The molecule has 2 rings (SSSR count). The third-order valence-electron chi connectivity index (χ3n) is 2.53. The quantitative estimate of drug-likeness (QED) is 0.806. The number of benzene rings is 1. The molecule has 3 N–H and O–H groups in total. The average Bonchev–Trinajstić information content (AvgIpc) is 2.77. The Hall–Kier alpha value is -1.71. The molecular formula is C10H11ClFN5O2S. The molecule has 1 aromatic carbocycles. The molecule has 0 fully saturated rings. The van der Waals surface area contributed by atoms with Gasteiger partial charge in [0.15, 0.2) is 5.82 Å². The lowest BCUT2D eigenvalue weighted by Gasteiger charge is -2.09. The molecule has 0 saturated heterocycles. The molecule has 0 bridgehead atoms. The largest absolute Gasteiger partial charge is 0.399 e. The number of nitrogens with one attached hydrogen (secondary N) is 1. The van der Waals surface area contributed by atoms with E-state index in [-0.39, 0.29) is 17.3 Å². The Labute approximate surface area is 119 Å². The lowest BCUT2D eigenvalue weighted by Crippen LogP contribution is -2.25. The second-order valence-corrected chi connectivity index (χ2v) is 6.14. The van der Waals surface area contributed by atoms with Crippen molar-refractivity contribution in [1.82, 2.24) is 19.5 Å². The summed E-state index contributed by atoms with van der Waals surface area (Å²) in [6.45, 7) is -0.134. The van der Waals surface area contributed by atoms with E-state index in [4.69, 9.17) is 17.3 Å². The van der Waals surface area contributed by atoms with Crippen LogP contribution in [0.15, 0.2) is 23.4 Å². The van der Waals surface area contributed by atoms with E-state index in [9.17, 15) is 12.8 Å². The first-order valence-corrected chi connectivity index (χ1v) is 7.24. The Morgan fingerprint density at radius 3 is 2.80 bits per heavy atom. The lowest BCUT2D eigenvalue weighted by molar-refractivity contribution is 0.554. The van der Waals surface area contributed by atoms with Gasteiger partial charge in [0.05, 0.1) is 11.6 Å². The molecule has 0 amide bonds. The SMILES string of the molecule is Cn1cnnc1CNS(=O)(=O)c1cc(N)cc(Cl)c1F. The number of aromatic nitrogens is 3. The van der Waals surface area contributed by atoms with Crippen molar-refractivity contribution in [2.45, 2.75) is 11.4 Å². The van der Waals surface area contributed by atoms with Crippen LogP contribution < -0.4 is 10.5 Å². The summed E-state index contributed by atoms with van der Waals surface area (Å²) in [7, 11) is -2.44. The number of hydrogen-bond donors (Lipinski definition) is 2. The van der Waals surface area contributed by atoms with Crippen LogP contribution in [0.2, 0.25) is 5.02 Å². The van der Waals surface area contributed by atoms with E-state index in [1.807, 2.05) is 0 Å². The minimum absolute atomic E-state index is 0.0513. The first-order valence-electron chi connectivity index (χ1n) is 5.38. The molecule has 10 heteroatoms. The second kappa shape index (κ2) is 5.35. The number of nitrogen functional groups attached to an aromatic ring is 1. The van der Waals surface area contributed by atoms with E-state index in [1.54, 1.807) is 7.05 Å². The summed E-state index contributed by atoms with van der Waals surface area (Å²) in [5.41, 5.74) is 5.52. The number of rotatable bonds is 4. The highest BCUT2D eigenvalue weighted by Gasteiger charge is 2.22. The van der Waals surface area contributed by atoms with Crippen molar-refractivity contribution in [2.24, 2.45) is 7.05 Å². The summed E-state index contributed by atoms with van der Waals surface area (Å²) in [4.78, 5) is -0.607. The number of anilines is 1. The smallest absolute Gasteiger partial charge is 0.244 e. The van der Waals surface area contributed by atoms with Gasteiger partial charge in [0.25, 0.3) is 0 Å². The maximum absolute atomic E-state index is 13.8. The summed E-state index contributed by atoms with van der Waals surface area (Å²) >= 11 is 5.58. The molecule has 0 spiro atoms. The van der Waals surface area contributed by atoms with Gasteiger partial charge in [0.2, 0.25) is 10.0 Å². The molecule has 0 aliphatic rings. The molecule has 20 heavy (non-hydrogen) atoms. The summed E-state index contributed by atoms with van der Waals surface area (Å²) in [6.07, 6.45) is 1.42. The van der Waals surface area contributed by atoms with Crippen molar-refractivity contribution in [3.8, 4) is 0 Å². The fourth-order valence-electron chi connectivity index (χ4n) is 1.48. The Morgan fingerprint density at radius 1 is 1.50 bits per heavy atom. The van der Waals surface area contributed by atoms with Crippen LogP contribution in [0, 0.1) is 5.82 Å². The van der Waals surface area contributed by atoms with Gasteiger partial charge in [-0.1, -0.05) is 11.6 Å². The van der Waals surface area contributed by atoms with Crippen LogP contribution >= 0.6 is 11.6 Å². The minimum atomic E-state index is -4.10. The molecule has 2 aromatic rings. The average molecular weight is 320 g/mol. The van der Waals surface area contributed by atoms with Crippen LogP contribution in [0.25, 0.3) is 0 Å². The molecule has 0 unspecified atom stereocenters. The van der Waals surface area contributed by atoms with Crippen LogP contribution in [-0.2, 0) is 23.6 Å². The lowest BCUT2D eigenvalue weighted by atomic mass is 10.3. The first kappa shape index (κ1) is 14.7. The molecule has 0 aliphatic carbocycles. The maximum Gasteiger partial charge on any atom is 0.244 e.